The number of sulfonamides is 1. The Morgan fingerprint density at radius 3 is 2.61 bits per heavy atom. The second kappa shape index (κ2) is 10.1. The fraction of sp³-hybridized carbons (Fsp3) is 0.409. The summed E-state index contributed by atoms with van der Waals surface area (Å²) in [7, 11) is -3.28. The molecule has 0 radical (unpaired) electrons. The molecule has 9 heteroatoms. The molecule has 2 aromatic carbocycles. The van der Waals surface area contributed by atoms with E-state index in [1.807, 2.05) is 31.2 Å². The highest BCUT2D eigenvalue weighted by Gasteiger charge is 2.20. The number of benzene rings is 2. The lowest BCUT2D eigenvalue weighted by Crippen LogP contribution is -2.32. The molecule has 1 unspecified atom stereocenters. The van der Waals surface area contributed by atoms with Crippen molar-refractivity contribution in [1.29, 1.82) is 0 Å². The van der Waals surface area contributed by atoms with Gasteiger partial charge < -0.3 is 20.5 Å². The Labute approximate surface area is 183 Å². The molecule has 8 nitrogen and oxygen atoms in total. The van der Waals surface area contributed by atoms with Gasteiger partial charge in [0.1, 0.15) is 18.5 Å². The summed E-state index contributed by atoms with van der Waals surface area (Å²) in [5.74, 6) is 0.709. The third-order valence-electron chi connectivity index (χ3n) is 5.00. The fourth-order valence-electron chi connectivity index (χ4n) is 3.44. The number of hydrogen-bond donors (Lipinski definition) is 4. The molecule has 31 heavy (non-hydrogen) atoms. The number of aryl methyl sites for hydroxylation is 1. The smallest absolute Gasteiger partial charge is 0.229 e. The van der Waals surface area contributed by atoms with Crippen molar-refractivity contribution in [3.8, 4) is 5.75 Å². The van der Waals surface area contributed by atoms with E-state index in [9.17, 15) is 18.3 Å². The third-order valence-corrected chi connectivity index (χ3v) is 5.61. The van der Waals surface area contributed by atoms with Gasteiger partial charge in [-0.25, -0.2) is 8.42 Å². The van der Waals surface area contributed by atoms with Crippen LogP contribution in [0.25, 0.3) is 0 Å². The molecule has 0 saturated heterocycles. The first-order valence-electron chi connectivity index (χ1n) is 10.2. The van der Waals surface area contributed by atoms with Gasteiger partial charge in [0.25, 0.3) is 0 Å². The lowest BCUT2D eigenvalue weighted by Gasteiger charge is -2.23. The van der Waals surface area contributed by atoms with Crippen LogP contribution in [0.4, 0.5) is 11.4 Å². The minimum absolute atomic E-state index is 0.0123. The summed E-state index contributed by atoms with van der Waals surface area (Å²) in [4.78, 5) is 11.6. The van der Waals surface area contributed by atoms with Crippen molar-refractivity contribution < 1.29 is 23.1 Å². The summed E-state index contributed by atoms with van der Waals surface area (Å²) in [6.45, 7) is 3.16. The molecule has 0 spiro atoms. The van der Waals surface area contributed by atoms with Crippen molar-refractivity contribution in [2.45, 2.75) is 32.3 Å². The molecule has 1 aliphatic rings. The lowest BCUT2D eigenvalue weighted by atomic mass is 9.98. The second-order valence-electron chi connectivity index (χ2n) is 7.77. The van der Waals surface area contributed by atoms with Gasteiger partial charge in [0.15, 0.2) is 0 Å². The molecule has 168 valence electrons. The van der Waals surface area contributed by atoms with E-state index in [1.165, 1.54) is 0 Å². The highest BCUT2D eigenvalue weighted by Crippen LogP contribution is 2.34. The molecule has 4 N–H and O–H groups in total. The van der Waals surface area contributed by atoms with E-state index < -0.39 is 16.1 Å². The number of carbonyl (C=O) groups is 1. The molecule has 1 atom stereocenters. The van der Waals surface area contributed by atoms with Gasteiger partial charge in [-0.05, 0) is 55.6 Å². The molecule has 0 bridgehead atoms. The molecule has 0 saturated carbocycles. The molecule has 1 heterocycles. The normalized spacial score (nSPS) is 14.5. The molecular weight excluding hydrogens is 418 g/mol. The topological polar surface area (TPSA) is 117 Å². The van der Waals surface area contributed by atoms with Crippen LogP contribution in [0.15, 0.2) is 36.4 Å². The number of hydrogen-bond acceptors (Lipinski definition) is 6. The summed E-state index contributed by atoms with van der Waals surface area (Å²) in [5, 5.41) is 16.3. The second-order valence-corrected chi connectivity index (χ2v) is 9.52. The lowest BCUT2D eigenvalue weighted by molar-refractivity contribution is -0.116. The Kier molecular flexibility index (Phi) is 7.53. The largest absolute Gasteiger partial charge is 0.490 e. The Morgan fingerprint density at radius 1 is 1.16 bits per heavy atom. The first kappa shape index (κ1) is 23.1. The van der Waals surface area contributed by atoms with Gasteiger partial charge in [-0.2, -0.15) is 0 Å². The van der Waals surface area contributed by atoms with Crippen molar-refractivity contribution in [1.82, 2.24) is 5.32 Å². The van der Waals surface area contributed by atoms with Crippen LogP contribution in [0, 0.1) is 6.92 Å². The summed E-state index contributed by atoms with van der Waals surface area (Å²) in [5.41, 5.74) is 4.39. The van der Waals surface area contributed by atoms with E-state index in [0.29, 0.717) is 37.4 Å². The minimum Gasteiger partial charge on any atom is -0.490 e. The maximum absolute atomic E-state index is 11.6. The summed E-state index contributed by atoms with van der Waals surface area (Å²) in [6.07, 6.45) is 2.26. The highest BCUT2D eigenvalue weighted by atomic mass is 32.2. The standard InChI is InChI=1S/C22H29N3O5S/c1-15-3-9-20(19-8-10-21(27)24-22(15)19)30-14-18(26)13-23-12-11-16-4-6-17(7-5-16)25-31(2,28)29/h3-7,9,18,23,25-26H,8,10-14H2,1-2H3,(H,24,27). The summed E-state index contributed by atoms with van der Waals surface area (Å²) >= 11 is 0. The van der Waals surface area contributed by atoms with E-state index in [-0.39, 0.29) is 12.5 Å². The monoisotopic (exact) mass is 447 g/mol. The number of ether oxygens (including phenoxy) is 1. The summed E-state index contributed by atoms with van der Waals surface area (Å²) < 4.78 is 30.7. The van der Waals surface area contributed by atoms with Crippen LogP contribution in [0.2, 0.25) is 0 Å². The van der Waals surface area contributed by atoms with Crippen LogP contribution in [0.1, 0.15) is 23.1 Å². The van der Waals surface area contributed by atoms with Crippen molar-refractivity contribution >= 4 is 27.3 Å². The number of rotatable bonds is 10. The van der Waals surface area contributed by atoms with Gasteiger partial charge in [0.2, 0.25) is 15.9 Å². The van der Waals surface area contributed by atoms with Crippen molar-refractivity contribution in [2.24, 2.45) is 0 Å². The maximum atomic E-state index is 11.6. The zero-order valence-corrected chi connectivity index (χ0v) is 18.6. The van der Waals surface area contributed by atoms with Crippen molar-refractivity contribution in [3.05, 3.63) is 53.1 Å². The molecule has 0 fully saturated rings. The maximum Gasteiger partial charge on any atom is 0.229 e. The number of aliphatic hydroxyl groups excluding tert-OH is 1. The van der Waals surface area contributed by atoms with Gasteiger partial charge in [0, 0.05) is 24.2 Å². The van der Waals surface area contributed by atoms with Crippen LogP contribution in [-0.4, -0.2) is 51.5 Å². The highest BCUT2D eigenvalue weighted by molar-refractivity contribution is 7.92. The third kappa shape index (κ3) is 6.95. The SMILES string of the molecule is Cc1ccc(OCC(O)CNCCc2ccc(NS(C)(=O)=O)cc2)c2c1NC(=O)CC2. The zero-order valence-electron chi connectivity index (χ0n) is 17.8. The van der Waals surface area contributed by atoms with Crippen LogP contribution >= 0.6 is 0 Å². The number of carbonyl (C=O) groups excluding carboxylic acids is 1. The van der Waals surface area contributed by atoms with E-state index in [1.54, 1.807) is 12.1 Å². The first-order valence-corrected chi connectivity index (χ1v) is 12.1. The van der Waals surface area contributed by atoms with E-state index in [2.05, 4.69) is 15.4 Å². The average Bonchev–Trinajstić information content (AvgIpc) is 2.71. The van der Waals surface area contributed by atoms with Gasteiger partial charge in [-0.3, -0.25) is 9.52 Å². The Bertz CT molecular complexity index is 1020. The molecule has 2 aromatic rings. The van der Waals surface area contributed by atoms with E-state index in [0.717, 1.165) is 35.1 Å². The van der Waals surface area contributed by atoms with Crippen molar-refractivity contribution in [2.75, 3.05) is 36.0 Å². The van der Waals surface area contributed by atoms with Crippen LogP contribution < -0.4 is 20.1 Å². The number of aliphatic hydroxyl groups is 1. The Balaban J connectivity index is 1.41. The van der Waals surface area contributed by atoms with Gasteiger partial charge in [0.05, 0.1) is 11.9 Å². The molecule has 0 aliphatic carbocycles. The van der Waals surface area contributed by atoms with Gasteiger partial charge in [-0.15, -0.1) is 0 Å². The number of fused-ring (bicyclic) bond motifs is 1. The number of amides is 1. The molecule has 0 aromatic heterocycles. The zero-order chi connectivity index (χ0) is 22.4. The van der Waals surface area contributed by atoms with Crippen LogP contribution in [0.3, 0.4) is 0 Å². The quantitative estimate of drug-likeness (QED) is 0.413. The minimum atomic E-state index is -3.28. The molecule has 1 aliphatic heterocycles. The summed E-state index contributed by atoms with van der Waals surface area (Å²) in [6, 6.07) is 11.0. The number of anilines is 2. The Morgan fingerprint density at radius 2 is 1.90 bits per heavy atom. The predicted octanol–water partition coefficient (Wildman–Crippen LogP) is 1.82. The van der Waals surface area contributed by atoms with Gasteiger partial charge >= 0.3 is 0 Å². The fourth-order valence-corrected chi connectivity index (χ4v) is 4.01. The van der Waals surface area contributed by atoms with Crippen LogP contribution in [0.5, 0.6) is 5.75 Å². The van der Waals surface area contributed by atoms with Gasteiger partial charge in [-0.1, -0.05) is 18.2 Å². The van der Waals surface area contributed by atoms with Crippen molar-refractivity contribution in [3.63, 3.8) is 0 Å². The average molecular weight is 448 g/mol. The molecule has 1 amide bonds. The van der Waals surface area contributed by atoms with E-state index >= 15 is 0 Å². The number of nitrogens with one attached hydrogen (secondary N) is 3. The molecule has 3 rings (SSSR count). The van der Waals surface area contributed by atoms with Crippen LogP contribution in [-0.2, 0) is 27.7 Å². The predicted molar refractivity (Wildman–Crippen MR) is 121 cm³/mol. The Hall–Kier alpha value is -2.62. The van der Waals surface area contributed by atoms with E-state index in [4.69, 9.17) is 4.74 Å². The first-order chi connectivity index (χ1) is 14.7. The molecular formula is C22H29N3O5S.